The normalized spacial score (nSPS) is 21.1. The third-order valence-corrected chi connectivity index (χ3v) is 9.64. The van der Waals surface area contributed by atoms with Crippen molar-refractivity contribution in [3.8, 4) is 5.75 Å². The molecule has 0 aromatic heterocycles. The summed E-state index contributed by atoms with van der Waals surface area (Å²) in [5, 5.41) is 12.4. The van der Waals surface area contributed by atoms with Crippen LogP contribution in [0.3, 0.4) is 0 Å². The summed E-state index contributed by atoms with van der Waals surface area (Å²) in [5.74, 6) is -1.57. The van der Waals surface area contributed by atoms with E-state index in [1.54, 1.807) is 41.3 Å². The van der Waals surface area contributed by atoms with Crippen LogP contribution >= 0.6 is 0 Å². The molecule has 4 rings (SSSR count). The molecule has 2 aliphatic rings. The molecule has 2 amide bonds. The number of piperazine rings is 1. The van der Waals surface area contributed by atoms with Crippen LogP contribution in [-0.2, 0) is 26.0 Å². The van der Waals surface area contributed by atoms with Crippen LogP contribution in [0.5, 0.6) is 5.75 Å². The molecule has 2 atom stereocenters. The smallest absolute Gasteiger partial charge is 0.415 e. The molecule has 0 bridgehead atoms. The van der Waals surface area contributed by atoms with Gasteiger partial charge in [-0.25, -0.2) is 18.0 Å². The van der Waals surface area contributed by atoms with Crippen molar-refractivity contribution in [3.05, 3.63) is 59.7 Å². The van der Waals surface area contributed by atoms with Crippen LogP contribution in [0.15, 0.2) is 53.4 Å². The van der Waals surface area contributed by atoms with Crippen LogP contribution < -0.4 is 10.1 Å². The molecule has 0 saturated carbocycles. The SMILES string of the molecule is Cc1ccc(S(=O)(=O)N2CCC[C@@]2(C)C(=O)N[C@@H](Cc2ccc(OC(=O)N3CCN(C)CC3)cc2)C(=O)O)cc1. The van der Waals surface area contributed by atoms with E-state index in [0.717, 1.165) is 18.7 Å². The summed E-state index contributed by atoms with van der Waals surface area (Å²) in [5.41, 5.74) is 0.0813. The minimum absolute atomic E-state index is 0.0332. The Morgan fingerprint density at radius 3 is 2.23 bits per heavy atom. The second-order valence-electron chi connectivity index (χ2n) is 10.6. The van der Waals surface area contributed by atoms with E-state index in [1.165, 1.54) is 23.4 Å². The van der Waals surface area contributed by atoms with Gasteiger partial charge >= 0.3 is 12.1 Å². The molecule has 216 valence electrons. The number of rotatable bonds is 8. The molecule has 0 unspecified atom stereocenters. The van der Waals surface area contributed by atoms with Gasteiger partial charge in [-0.05, 0) is 63.6 Å². The summed E-state index contributed by atoms with van der Waals surface area (Å²) in [6, 6.07) is 11.6. The van der Waals surface area contributed by atoms with Crippen LogP contribution in [0.25, 0.3) is 0 Å². The van der Waals surface area contributed by atoms with Gasteiger partial charge in [0.2, 0.25) is 15.9 Å². The van der Waals surface area contributed by atoms with Gasteiger partial charge in [0.25, 0.3) is 0 Å². The zero-order valence-electron chi connectivity index (χ0n) is 23.0. The monoisotopic (exact) mass is 572 g/mol. The first-order chi connectivity index (χ1) is 18.9. The summed E-state index contributed by atoms with van der Waals surface area (Å²) < 4.78 is 33.4. The van der Waals surface area contributed by atoms with Gasteiger partial charge in [0.05, 0.1) is 4.90 Å². The minimum Gasteiger partial charge on any atom is -0.480 e. The Kier molecular flexibility index (Phi) is 8.81. The summed E-state index contributed by atoms with van der Waals surface area (Å²) in [4.78, 5) is 41.8. The molecule has 0 aliphatic carbocycles. The van der Waals surface area contributed by atoms with Crippen LogP contribution in [-0.4, -0.2) is 97.0 Å². The predicted octanol–water partition coefficient (Wildman–Crippen LogP) is 2.10. The second kappa shape index (κ2) is 11.9. The van der Waals surface area contributed by atoms with Crippen molar-refractivity contribution >= 4 is 28.0 Å². The van der Waals surface area contributed by atoms with Crippen molar-refractivity contribution in [2.45, 2.75) is 49.6 Å². The maximum atomic E-state index is 13.4. The number of carbonyl (C=O) groups excluding carboxylic acids is 2. The molecule has 2 fully saturated rings. The number of carbonyl (C=O) groups is 3. The summed E-state index contributed by atoms with van der Waals surface area (Å²) in [6.07, 6.45) is 0.269. The van der Waals surface area contributed by atoms with Crippen LogP contribution in [0.1, 0.15) is 30.9 Å². The maximum Gasteiger partial charge on any atom is 0.415 e. The highest BCUT2D eigenvalue weighted by Crippen LogP contribution is 2.35. The number of aryl methyl sites for hydroxylation is 1. The van der Waals surface area contributed by atoms with Gasteiger partial charge in [-0.1, -0.05) is 29.8 Å². The molecule has 0 radical (unpaired) electrons. The molecular formula is C28H36N4O7S. The molecule has 2 aliphatic heterocycles. The Morgan fingerprint density at radius 1 is 1.00 bits per heavy atom. The molecule has 11 nitrogen and oxygen atoms in total. The number of benzene rings is 2. The zero-order valence-corrected chi connectivity index (χ0v) is 23.8. The highest BCUT2D eigenvalue weighted by atomic mass is 32.2. The van der Waals surface area contributed by atoms with Gasteiger partial charge in [-0.2, -0.15) is 4.31 Å². The van der Waals surface area contributed by atoms with Crippen molar-refractivity contribution in [3.63, 3.8) is 0 Å². The van der Waals surface area contributed by atoms with Crippen LogP contribution in [0.2, 0.25) is 0 Å². The molecule has 2 N–H and O–H groups in total. The van der Waals surface area contributed by atoms with Gasteiger partial charge in [0.1, 0.15) is 17.3 Å². The second-order valence-corrected chi connectivity index (χ2v) is 12.5. The van der Waals surface area contributed by atoms with E-state index >= 15 is 0 Å². The average molecular weight is 573 g/mol. The quantitative estimate of drug-likeness (QED) is 0.491. The predicted molar refractivity (Wildman–Crippen MR) is 148 cm³/mol. The van der Waals surface area contributed by atoms with Gasteiger partial charge in [-0.15, -0.1) is 0 Å². The number of hydrogen-bond acceptors (Lipinski definition) is 7. The van der Waals surface area contributed by atoms with Crippen molar-refractivity contribution in [2.75, 3.05) is 39.8 Å². The van der Waals surface area contributed by atoms with E-state index in [1.807, 2.05) is 14.0 Å². The fourth-order valence-electron chi connectivity index (χ4n) is 4.99. The lowest BCUT2D eigenvalue weighted by Gasteiger charge is -2.34. The van der Waals surface area contributed by atoms with E-state index in [0.29, 0.717) is 30.8 Å². The Labute approximate surface area is 234 Å². The molecule has 40 heavy (non-hydrogen) atoms. The Morgan fingerprint density at radius 2 is 1.62 bits per heavy atom. The Bertz CT molecular complexity index is 1340. The third-order valence-electron chi connectivity index (χ3n) is 7.61. The Hall–Kier alpha value is -3.48. The number of sulfonamides is 1. The molecular weight excluding hydrogens is 536 g/mol. The lowest BCUT2D eigenvalue weighted by atomic mass is 9.97. The highest BCUT2D eigenvalue weighted by Gasteiger charge is 2.50. The number of hydrogen-bond donors (Lipinski definition) is 2. The Balaban J connectivity index is 1.41. The fraction of sp³-hybridized carbons (Fsp3) is 0.464. The molecule has 12 heteroatoms. The van der Waals surface area contributed by atoms with E-state index in [9.17, 15) is 27.9 Å². The average Bonchev–Trinajstić information content (AvgIpc) is 3.33. The number of likely N-dealkylation sites (N-methyl/N-ethyl adjacent to an activating group) is 1. The highest BCUT2D eigenvalue weighted by molar-refractivity contribution is 7.89. The summed E-state index contributed by atoms with van der Waals surface area (Å²) in [6.45, 7) is 6.24. The minimum atomic E-state index is -3.97. The lowest BCUT2D eigenvalue weighted by Crippen LogP contribution is -2.58. The zero-order chi connectivity index (χ0) is 29.1. The van der Waals surface area contributed by atoms with E-state index in [-0.39, 0.29) is 24.3 Å². The molecule has 0 spiro atoms. The van der Waals surface area contributed by atoms with E-state index in [2.05, 4.69) is 10.2 Å². The maximum absolute atomic E-state index is 13.4. The number of carboxylic acids is 1. The van der Waals surface area contributed by atoms with Crippen molar-refractivity contribution in [2.24, 2.45) is 0 Å². The fourth-order valence-corrected chi connectivity index (χ4v) is 6.79. The van der Waals surface area contributed by atoms with Gasteiger partial charge in [0, 0.05) is 39.1 Å². The molecule has 2 saturated heterocycles. The standard InChI is InChI=1S/C28H36N4O7S/c1-20-5-11-23(12-6-20)40(37,38)32-14-4-13-28(32,2)26(35)29-24(25(33)34)19-21-7-9-22(10-8-21)39-27(36)31-17-15-30(3)16-18-31/h5-12,24H,4,13-19H2,1-3H3,(H,29,35)(H,33,34)/t24-,28-/m0/s1. The van der Waals surface area contributed by atoms with Gasteiger partial charge in [-0.3, -0.25) is 4.79 Å². The van der Waals surface area contributed by atoms with Gasteiger partial charge < -0.3 is 25.0 Å². The number of carboxylic acid groups (broad SMARTS) is 1. The number of amides is 2. The van der Waals surface area contributed by atoms with E-state index < -0.39 is 39.6 Å². The van der Waals surface area contributed by atoms with Crippen LogP contribution in [0.4, 0.5) is 4.79 Å². The van der Waals surface area contributed by atoms with Crippen LogP contribution in [0, 0.1) is 6.92 Å². The van der Waals surface area contributed by atoms with E-state index in [4.69, 9.17) is 4.74 Å². The summed E-state index contributed by atoms with van der Waals surface area (Å²) in [7, 11) is -1.98. The first-order valence-corrected chi connectivity index (χ1v) is 14.7. The first kappa shape index (κ1) is 29.5. The number of nitrogens with zero attached hydrogens (tertiary/aromatic N) is 3. The number of aliphatic carboxylic acids is 1. The topological polar surface area (TPSA) is 137 Å². The molecule has 2 aromatic carbocycles. The van der Waals surface area contributed by atoms with Gasteiger partial charge in [0.15, 0.2) is 0 Å². The number of ether oxygens (including phenoxy) is 1. The molecule has 2 aromatic rings. The van der Waals surface area contributed by atoms with Crippen molar-refractivity contribution < 1.29 is 32.6 Å². The largest absolute Gasteiger partial charge is 0.480 e. The lowest BCUT2D eigenvalue weighted by molar-refractivity contribution is -0.143. The molecule has 2 heterocycles. The third kappa shape index (κ3) is 6.45. The first-order valence-electron chi connectivity index (χ1n) is 13.3. The van der Waals surface area contributed by atoms with Crippen molar-refractivity contribution in [1.29, 1.82) is 0 Å². The number of nitrogens with one attached hydrogen (secondary N) is 1. The summed E-state index contributed by atoms with van der Waals surface area (Å²) >= 11 is 0. The van der Waals surface area contributed by atoms with Crippen molar-refractivity contribution in [1.82, 2.24) is 19.4 Å².